The fraction of sp³-hybridized carbons (Fsp3) is 0.250. The van der Waals surface area contributed by atoms with Crippen molar-refractivity contribution in [2.45, 2.75) is 18.2 Å². The van der Waals surface area contributed by atoms with Crippen LogP contribution in [-0.2, 0) is 6.42 Å². The molecule has 0 heterocycles. The summed E-state index contributed by atoms with van der Waals surface area (Å²) >= 11 is 10.9. The monoisotopic (exact) mass is 460 g/mol. The summed E-state index contributed by atoms with van der Waals surface area (Å²) in [6, 6.07) is 14.5. The first-order valence-electron chi connectivity index (χ1n) is 6.41. The molecule has 0 amide bonds. The molecule has 0 aliphatic rings. The lowest BCUT2D eigenvalue weighted by atomic mass is 10.0. The topological polar surface area (TPSA) is 9.23 Å². The normalized spacial score (nSPS) is 12.2. The summed E-state index contributed by atoms with van der Waals surface area (Å²) < 4.78 is 7.69. The van der Waals surface area contributed by atoms with Crippen LogP contribution in [0, 0.1) is 0 Å². The highest BCUT2D eigenvalue weighted by atomic mass is 79.9. The maximum Gasteiger partial charge on any atom is 0.120 e. The number of benzene rings is 2. The van der Waals surface area contributed by atoms with Gasteiger partial charge >= 0.3 is 0 Å². The van der Waals surface area contributed by atoms with Gasteiger partial charge in [-0.1, -0.05) is 66.0 Å². The van der Waals surface area contributed by atoms with Gasteiger partial charge in [0.15, 0.2) is 0 Å². The Morgan fingerprint density at radius 2 is 1.90 bits per heavy atom. The van der Waals surface area contributed by atoms with E-state index in [1.807, 2.05) is 25.1 Å². The van der Waals surface area contributed by atoms with Crippen LogP contribution < -0.4 is 4.74 Å². The van der Waals surface area contributed by atoms with Crippen molar-refractivity contribution >= 4 is 47.8 Å². The van der Waals surface area contributed by atoms with Crippen molar-refractivity contribution in [2.75, 3.05) is 6.61 Å². The van der Waals surface area contributed by atoms with Crippen molar-refractivity contribution in [3.63, 3.8) is 0 Å². The third-order valence-electron chi connectivity index (χ3n) is 2.92. The maximum absolute atomic E-state index is 5.50. The van der Waals surface area contributed by atoms with Gasteiger partial charge in [0, 0.05) is 13.8 Å². The number of alkyl halides is 1. The minimum atomic E-state index is 0.266. The van der Waals surface area contributed by atoms with Crippen molar-refractivity contribution in [2.24, 2.45) is 0 Å². The molecule has 0 saturated heterocycles. The molecule has 0 aromatic heterocycles. The SMILES string of the molecule is CCOc1ccc(C(Br)Cc2cccc(Br)c2)c(Br)c1. The Balaban J connectivity index is 2.14. The number of hydrogen-bond acceptors (Lipinski definition) is 1. The van der Waals surface area contributed by atoms with Crippen LogP contribution in [0.5, 0.6) is 5.75 Å². The fourth-order valence-corrected chi connectivity index (χ4v) is 4.16. The van der Waals surface area contributed by atoms with Crippen LogP contribution in [0.1, 0.15) is 22.9 Å². The number of hydrogen-bond donors (Lipinski definition) is 0. The van der Waals surface area contributed by atoms with E-state index in [9.17, 15) is 0 Å². The third-order valence-corrected chi connectivity index (χ3v) is 4.92. The molecular formula is C16H15Br3O. The smallest absolute Gasteiger partial charge is 0.120 e. The van der Waals surface area contributed by atoms with Gasteiger partial charge < -0.3 is 4.74 Å². The van der Waals surface area contributed by atoms with E-state index < -0.39 is 0 Å². The predicted octanol–water partition coefficient (Wildman–Crippen LogP) is 6.29. The van der Waals surface area contributed by atoms with Crippen LogP contribution >= 0.6 is 47.8 Å². The van der Waals surface area contributed by atoms with Crippen LogP contribution in [0.4, 0.5) is 0 Å². The zero-order chi connectivity index (χ0) is 14.5. The van der Waals surface area contributed by atoms with E-state index in [1.54, 1.807) is 0 Å². The van der Waals surface area contributed by atoms with Crippen molar-refractivity contribution in [1.82, 2.24) is 0 Å². The Morgan fingerprint density at radius 3 is 2.55 bits per heavy atom. The second-order valence-corrected chi connectivity index (χ2v) is 7.29. The summed E-state index contributed by atoms with van der Waals surface area (Å²) in [5.74, 6) is 0.894. The Kier molecular flexibility index (Phi) is 6.12. The molecule has 2 aromatic rings. The molecule has 0 spiro atoms. The molecule has 2 rings (SSSR count). The van der Waals surface area contributed by atoms with E-state index in [-0.39, 0.29) is 4.83 Å². The van der Waals surface area contributed by atoms with Crippen molar-refractivity contribution in [3.8, 4) is 5.75 Å². The minimum absolute atomic E-state index is 0.266. The number of rotatable bonds is 5. The van der Waals surface area contributed by atoms with Crippen LogP contribution in [0.3, 0.4) is 0 Å². The fourth-order valence-electron chi connectivity index (χ4n) is 2.00. The average molecular weight is 463 g/mol. The Labute approximate surface area is 145 Å². The standard InChI is InChI=1S/C16H15Br3O/c1-2-20-13-6-7-14(16(19)10-13)15(18)9-11-4-3-5-12(17)8-11/h3-8,10,15H,2,9H2,1H3. The van der Waals surface area contributed by atoms with Gasteiger partial charge in [-0.2, -0.15) is 0 Å². The first-order chi connectivity index (χ1) is 9.60. The highest BCUT2D eigenvalue weighted by Crippen LogP contribution is 2.35. The van der Waals surface area contributed by atoms with Crippen LogP contribution in [-0.4, -0.2) is 6.61 Å². The van der Waals surface area contributed by atoms with Gasteiger partial charge in [-0.05, 0) is 48.7 Å². The zero-order valence-corrected chi connectivity index (χ0v) is 15.8. The lowest BCUT2D eigenvalue weighted by molar-refractivity contribution is 0.340. The summed E-state index contributed by atoms with van der Waals surface area (Å²) in [7, 11) is 0. The van der Waals surface area contributed by atoms with E-state index in [0.29, 0.717) is 6.61 Å². The Bertz CT molecular complexity index is 584. The highest BCUT2D eigenvalue weighted by molar-refractivity contribution is 9.11. The molecule has 0 aliphatic carbocycles. The lowest BCUT2D eigenvalue weighted by Crippen LogP contribution is -1.98. The van der Waals surface area contributed by atoms with E-state index >= 15 is 0 Å². The van der Waals surface area contributed by atoms with Gasteiger partial charge in [0.2, 0.25) is 0 Å². The molecule has 1 unspecified atom stereocenters. The van der Waals surface area contributed by atoms with Crippen molar-refractivity contribution in [1.29, 1.82) is 0 Å². The van der Waals surface area contributed by atoms with Gasteiger partial charge in [-0.3, -0.25) is 0 Å². The van der Waals surface area contributed by atoms with Crippen molar-refractivity contribution < 1.29 is 4.74 Å². The molecule has 106 valence electrons. The lowest BCUT2D eigenvalue weighted by Gasteiger charge is -2.14. The molecule has 20 heavy (non-hydrogen) atoms. The highest BCUT2D eigenvalue weighted by Gasteiger charge is 2.13. The number of ether oxygens (including phenoxy) is 1. The second-order valence-electron chi connectivity index (χ2n) is 4.42. The molecule has 0 radical (unpaired) electrons. The van der Waals surface area contributed by atoms with Gasteiger partial charge in [-0.25, -0.2) is 0 Å². The molecule has 0 aliphatic heterocycles. The molecular weight excluding hydrogens is 448 g/mol. The average Bonchev–Trinajstić information content (AvgIpc) is 2.39. The summed E-state index contributed by atoms with van der Waals surface area (Å²) in [5, 5.41) is 0. The molecule has 0 fully saturated rings. The molecule has 4 heteroatoms. The summed E-state index contributed by atoms with van der Waals surface area (Å²) in [5.41, 5.74) is 2.52. The maximum atomic E-state index is 5.50. The summed E-state index contributed by atoms with van der Waals surface area (Å²) in [6.45, 7) is 2.67. The third kappa shape index (κ3) is 4.34. The largest absolute Gasteiger partial charge is 0.494 e. The van der Waals surface area contributed by atoms with Gasteiger partial charge in [-0.15, -0.1) is 0 Å². The molecule has 0 saturated carbocycles. The van der Waals surface area contributed by atoms with Gasteiger partial charge in [0.1, 0.15) is 5.75 Å². The first kappa shape index (κ1) is 16.1. The molecule has 1 atom stereocenters. The second kappa shape index (κ2) is 7.62. The quantitative estimate of drug-likeness (QED) is 0.474. The Morgan fingerprint density at radius 1 is 1.10 bits per heavy atom. The van der Waals surface area contributed by atoms with E-state index in [4.69, 9.17) is 4.74 Å². The summed E-state index contributed by atoms with van der Waals surface area (Å²) in [4.78, 5) is 0.266. The van der Waals surface area contributed by atoms with Crippen LogP contribution in [0.15, 0.2) is 51.4 Å². The number of halogens is 3. The molecule has 1 nitrogen and oxygen atoms in total. The zero-order valence-electron chi connectivity index (χ0n) is 11.1. The molecule has 0 bridgehead atoms. The molecule has 0 N–H and O–H groups in total. The summed E-state index contributed by atoms with van der Waals surface area (Å²) in [6.07, 6.45) is 0.937. The Hall–Kier alpha value is -0.320. The van der Waals surface area contributed by atoms with Crippen molar-refractivity contribution in [3.05, 3.63) is 62.5 Å². The van der Waals surface area contributed by atoms with Crippen LogP contribution in [0.2, 0.25) is 0 Å². The van der Waals surface area contributed by atoms with Crippen LogP contribution in [0.25, 0.3) is 0 Å². The van der Waals surface area contributed by atoms with E-state index in [1.165, 1.54) is 11.1 Å². The van der Waals surface area contributed by atoms with Gasteiger partial charge in [0.05, 0.1) is 6.61 Å². The first-order valence-corrected chi connectivity index (χ1v) is 8.91. The predicted molar refractivity (Wildman–Crippen MR) is 94.8 cm³/mol. The molecule has 2 aromatic carbocycles. The van der Waals surface area contributed by atoms with Gasteiger partial charge in [0.25, 0.3) is 0 Å². The minimum Gasteiger partial charge on any atom is -0.494 e. The van der Waals surface area contributed by atoms with E-state index in [0.717, 1.165) is 21.1 Å². The van der Waals surface area contributed by atoms with E-state index in [2.05, 4.69) is 72.1 Å².